The third kappa shape index (κ3) is 3.27. The summed E-state index contributed by atoms with van der Waals surface area (Å²) in [6, 6.07) is 8.49. The van der Waals surface area contributed by atoms with Gasteiger partial charge in [0.15, 0.2) is 5.16 Å². The number of carbonyl (C=O) groups is 1. The summed E-state index contributed by atoms with van der Waals surface area (Å²) in [6.07, 6.45) is 6.44. The lowest BCUT2D eigenvalue weighted by atomic mass is 10.1. The minimum atomic E-state index is 0.203. The van der Waals surface area contributed by atoms with Crippen LogP contribution in [-0.2, 0) is 5.75 Å². The molecule has 5 nitrogen and oxygen atoms in total. The largest absolute Gasteiger partial charge is 0.335 e. The summed E-state index contributed by atoms with van der Waals surface area (Å²) < 4.78 is 0. The minimum absolute atomic E-state index is 0.203. The Labute approximate surface area is 139 Å². The van der Waals surface area contributed by atoms with E-state index in [4.69, 9.17) is 0 Å². The number of nitrogens with zero attached hydrogens (tertiary/aromatic N) is 3. The van der Waals surface area contributed by atoms with E-state index in [1.165, 1.54) is 31.2 Å². The Balaban J connectivity index is 1.40. The number of benzene rings is 1. The first-order chi connectivity index (χ1) is 11.3. The fourth-order valence-electron chi connectivity index (χ4n) is 3.34. The van der Waals surface area contributed by atoms with Crippen LogP contribution >= 0.6 is 11.8 Å². The van der Waals surface area contributed by atoms with Crippen molar-refractivity contribution in [2.75, 3.05) is 6.54 Å². The normalized spacial score (nSPS) is 20.9. The van der Waals surface area contributed by atoms with E-state index in [1.807, 2.05) is 24.3 Å². The van der Waals surface area contributed by atoms with Crippen molar-refractivity contribution in [3.8, 4) is 0 Å². The molecule has 1 saturated heterocycles. The zero-order valence-corrected chi connectivity index (χ0v) is 13.8. The number of likely N-dealkylation sites (tertiary alicyclic amines) is 1. The molecule has 120 valence electrons. The molecule has 6 heteroatoms. The van der Waals surface area contributed by atoms with Gasteiger partial charge in [-0.15, -0.1) is 0 Å². The third-order valence-corrected chi connectivity index (χ3v) is 5.64. The van der Waals surface area contributed by atoms with Crippen molar-refractivity contribution in [2.24, 2.45) is 5.92 Å². The van der Waals surface area contributed by atoms with Crippen LogP contribution in [0.25, 0.3) is 0 Å². The van der Waals surface area contributed by atoms with Crippen molar-refractivity contribution in [2.45, 2.75) is 42.6 Å². The molecule has 0 radical (unpaired) electrons. The number of hydrogen-bond donors (Lipinski definition) is 1. The SMILES string of the molecule is O=C(c1ccc(CSc2ncn[nH]2)cc1)N1CCCC1C1CC1. The van der Waals surface area contributed by atoms with Crippen molar-refractivity contribution < 1.29 is 4.79 Å². The van der Waals surface area contributed by atoms with Crippen LogP contribution in [0.2, 0.25) is 0 Å². The Morgan fingerprint density at radius 1 is 1.26 bits per heavy atom. The Kier molecular flexibility index (Phi) is 4.08. The molecule has 1 atom stereocenters. The average Bonchev–Trinajstić information content (AvgIpc) is 3.10. The van der Waals surface area contributed by atoms with E-state index in [-0.39, 0.29) is 5.91 Å². The van der Waals surface area contributed by atoms with Crippen LogP contribution in [0.15, 0.2) is 35.7 Å². The van der Waals surface area contributed by atoms with Crippen LogP contribution in [0, 0.1) is 5.92 Å². The molecule has 4 rings (SSSR count). The summed E-state index contributed by atoms with van der Waals surface area (Å²) in [5, 5.41) is 7.49. The lowest BCUT2D eigenvalue weighted by Gasteiger charge is -2.24. The van der Waals surface area contributed by atoms with Gasteiger partial charge in [0.2, 0.25) is 0 Å². The molecule has 1 aliphatic carbocycles. The van der Waals surface area contributed by atoms with E-state index in [9.17, 15) is 4.79 Å². The first kappa shape index (κ1) is 14.8. The van der Waals surface area contributed by atoms with Crippen molar-refractivity contribution in [3.05, 3.63) is 41.7 Å². The fraction of sp³-hybridized carbons (Fsp3) is 0.471. The van der Waals surface area contributed by atoms with E-state index in [0.29, 0.717) is 6.04 Å². The molecule has 0 spiro atoms. The maximum Gasteiger partial charge on any atom is 0.254 e. The topological polar surface area (TPSA) is 61.9 Å². The maximum atomic E-state index is 12.7. The molecule has 1 aromatic heterocycles. The van der Waals surface area contributed by atoms with Gasteiger partial charge in [-0.2, -0.15) is 5.10 Å². The molecule has 1 aromatic carbocycles. The standard InChI is InChI=1S/C17H20N4OS/c22-16(21-9-1-2-15(21)13-7-8-13)14-5-3-12(4-6-14)10-23-17-18-11-19-20-17/h3-6,11,13,15H,1-2,7-10H2,(H,18,19,20). The van der Waals surface area contributed by atoms with Crippen molar-refractivity contribution in [1.29, 1.82) is 0 Å². The Hall–Kier alpha value is -1.82. The van der Waals surface area contributed by atoms with Gasteiger partial charge >= 0.3 is 0 Å². The van der Waals surface area contributed by atoms with Crippen LogP contribution in [0.5, 0.6) is 0 Å². The molecule has 1 N–H and O–H groups in total. The number of rotatable bonds is 5. The van der Waals surface area contributed by atoms with Gasteiger partial charge in [0, 0.05) is 23.9 Å². The maximum absolute atomic E-state index is 12.7. The molecule has 1 amide bonds. The van der Waals surface area contributed by atoms with E-state index >= 15 is 0 Å². The van der Waals surface area contributed by atoms with Crippen LogP contribution < -0.4 is 0 Å². The number of amides is 1. The summed E-state index contributed by atoms with van der Waals surface area (Å²) in [4.78, 5) is 18.9. The highest BCUT2D eigenvalue weighted by atomic mass is 32.2. The van der Waals surface area contributed by atoms with Crippen LogP contribution in [0.4, 0.5) is 0 Å². The van der Waals surface area contributed by atoms with Crippen LogP contribution in [-0.4, -0.2) is 38.6 Å². The Bertz CT molecular complexity index is 666. The van der Waals surface area contributed by atoms with Gasteiger partial charge in [-0.05, 0) is 49.3 Å². The van der Waals surface area contributed by atoms with Gasteiger partial charge in [0.1, 0.15) is 6.33 Å². The monoisotopic (exact) mass is 328 g/mol. The van der Waals surface area contributed by atoms with E-state index < -0.39 is 0 Å². The lowest BCUT2D eigenvalue weighted by molar-refractivity contribution is 0.0721. The zero-order valence-electron chi connectivity index (χ0n) is 12.9. The predicted octanol–water partition coefficient (Wildman–Crippen LogP) is 3.11. The van der Waals surface area contributed by atoms with Gasteiger partial charge in [0.25, 0.3) is 5.91 Å². The third-order valence-electron chi connectivity index (χ3n) is 4.70. The number of H-pyrrole nitrogens is 1. The van der Waals surface area contributed by atoms with E-state index in [0.717, 1.165) is 35.4 Å². The number of carbonyl (C=O) groups excluding carboxylic acids is 1. The zero-order chi connectivity index (χ0) is 15.6. The van der Waals surface area contributed by atoms with Gasteiger partial charge < -0.3 is 4.90 Å². The molecular formula is C17H20N4OS. The van der Waals surface area contributed by atoms with Crippen molar-refractivity contribution >= 4 is 17.7 Å². The molecular weight excluding hydrogens is 308 g/mol. The predicted molar refractivity (Wildman–Crippen MR) is 89.2 cm³/mol. The number of hydrogen-bond acceptors (Lipinski definition) is 4. The quantitative estimate of drug-likeness (QED) is 0.857. The van der Waals surface area contributed by atoms with Crippen LogP contribution in [0.3, 0.4) is 0 Å². The molecule has 2 aliphatic rings. The van der Waals surface area contributed by atoms with E-state index in [2.05, 4.69) is 20.1 Å². The molecule has 2 fully saturated rings. The second kappa shape index (κ2) is 6.35. The second-order valence-electron chi connectivity index (χ2n) is 6.32. The fourth-order valence-corrected chi connectivity index (χ4v) is 4.08. The number of thioether (sulfide) groups is 1. The molecule has 1 aliphatic heterocycles. The number of nitrogens with one attached hydrogen (secondary N) is 1. The number of aromatic amines is 1. The van der Waals surface area contributed by atoms with Gasteiger partial charge in [0.05, 0.1) is 0 Å². The molecule has 1 unspecified atom stereocenters. The highest BCUT2D eigenvalue weighted by Crippen LogP contribution is 2.40. The summed E-state index contributed by atoms with van der Waals surface area (Å²) in [7, 11) is 0. The lowest BCUT2D eigenvalue weighted by Crippen LogP contribution is -2.36. The highest BCUT2D eigenvalue weighted by Gasteiger charge is 2.40. The molecule has 0 bridgehead atoms. The van der Waals surface area contributed by atoms with E-state index in [1.54, 1.807) is 11.8 Å². The Morgan fingerprint density at radius 3 is 2.78 bits per heavy atom. The summed E-state index contributed by atoms with van der Waals surface area (Å²) >= 11 is 1.61. The molecule has 2 aromatic rings. The molecule has 1 saturated carbocycles. The highest BCUT2D eigenvalue weighted by molar-refractivity contribution is 7.98. The van der Waals surface area contributed by atoms with Gasteiger partial charge in [-0.25, -0.2) is 4.98 Å². The molecule has 23 heavy (non-hydrogen) atoms. The van der Waals surface area contributed by atoms with Crippen LogP contribution in [0.1, 0.15) is 41.6 Å². The smallest absolute Gasteiger partial charge is 0.254 e. The first-order valence-corrected chi connectivity index (χ1v) is 9.18. The first-order valence-electron chi connectivity index (χ1n) is 8.19. The van der Waals surface area contributed by atoms with Gasteiger partial charge in [-0.3, -0.25) is 9.89 Å². The molecule has 2 heterocycles. The summed E-state index contributed by atoms with van der Waals surface area (Å²) in [5.41, 5.74) is 1.99. The van der Waals surface area contributed by atoms with Crippen molar-refractivity contribution in [1.82, 2.24) is 20.1 Å². The summed E-state index contributed by atoms with van der Waals surface area (Å²) in [5.74, 6) is 1.78. The summed E-state index contributed by atoms with van der Waals surface area (Å²) in [6.45, 7) is 0.920. The van der Waals surface area contributed by atoms with Crippen molar-refractivity contribution in [3.63, 3.8) is 0 Å². The Morgan fingerprint density at radius 2 is 2.09 bits per heavy atom. The second-order valence-corrected chi connectivity index (χ2v) is 7.29. The average molecular weight is 328 g/mol. The number of aromatic nitrogens is 3. The minimum Gasteiger partial charge on any atom is -0.335 e. The van der Waals surface area contributed by atoms with Gasteiger partial charge in [-0.1, -0.05) is 23.9 Å².